The second-order valence-electron chi connectivity index (χ2n) is 5.29. The zero-order chi connectivity index (χ0) is 14.5. The summed E-state index contributed by atoms with van der Waals surface area (Å²) in [5, 5.41) is 2.92. The van der Waals surface area contributed by atoms with Crippen LogP contribution in [0, 0.1) is 5.82 Å². The lowest BCUT2D eigenvalue weighted by molar-refractivity contribution is 0.156. The van der Waals surface area contributed by atoms with Crippen molar-refractivity contribution in [2.45, 2.75) is 38.4 Å². The predicted molar refractivity (Wildman–Crippen MR) is 74.8 cm³/mol. The first kappa shape index (κ1) is 14.8. The van der Waals surface area contributed by atoms with Gasteiger partial charge >= 0.3 is 6.03 Å². The summed E-state index contributed by atoms with van der Waals surface area (Å²) in [6.45, 7) is 2.90. The van der Waals surface area contributed by atoms with Crippen LogP contribution in [0.15, 0.2) is 24.3 Å². The van der Waals surface area contributed by atoms with Gasteiger partial charge in [-0.15, -0.1) is 0 Å². The molecule has 0 aromatic heterocycles. The third-order valence-electron chi connectivity index (χ3n) is 3.30. The van der Waals surface area contributed by atoms with Crippen molar-refractivity contribution in [1.29, 1.82) is 0 Å². The van der Waals surface area contributed by atoms with Crippen molar-refractivity contribution in [3.05, 3.63) is 35.6 Å². The molecule has 0 heterocycles. The number of halogens is 1. The summed E-state index contributed by atoms with van der Waals surface area (Å²) in [6.07, 6.45) is 2.07. The van der Waals surface area contributed by atoms with Crippen LogP contribution in [0.4, 0.5) is 9.18 Å². The van der Waals surface area contributed by atoms with Crippen LogP contribution >= 0.6 is 0 Å². The van der Waals surface area contributed by atoms with Gasteiger partial charge in [-0.2, -0.15) is 0 Å². The SMILES string of the molecule is COCC(C)NC(=O)N(Cc1ccc(F)cc1)C1CC1. The Balaban J connectivity index is 1.96. The van der Waals surface area contributed by atoms with E-state index < -0.39 is 0 Å². The van der Waals surface area contributed by atoms with E-state index >= 15 is 0 Å². The van der Waals surface area contributed by atoms with Gasteiger partial charge in [-0.05, 0) is 37.5 Å². The van der Waals surface area contributed by atoms with Crippen LogP contribution in [0.5, 0.6) is 0 Å². The number of hydrogen-bond donors (Lipinski definition) is 1. The maximum Gasteiger partial charge on any atom is 0.318 e. The average Bonchev–Trinajstić information content (AvgIpc) is 3.22. The van der Waals surface area contributed by atoms with Gasteiger partial charge in [0.1, 0.15) is 5.82 Å². The maximum absolute atomic E-state index is 12.9. The molecular formula is C15H21FN2O2. The molecule has 0 radical (unpaired) electrons. The highest BCUT2D eigenvalue weighted by atomic mass is 19.1. The Labute approximate surface area is 118 Å². The van der Waals surface area contributed by atoms with Crippen molar-refractivity contribution in [1.82, 2.24) is 10.2 Å². The maximum atomic E-state index is 12.9. The molecule has 5 heteroatoms. The van der Waals surface area contributed by atoms with Crippen molar-refractivity contribution < 1.29 is 13.9 Å². The summed E-state index contributed by atoms with van der Waals surface area (Å²) in [6, 6.07) is 6.48. The van der Waals surface area contributed by atoms with Gasteiger partial charge in [-0.3, -0.25) is 0 Å². The molecular weight excluding hydrogens is 259 g/mol. The normalized spacial score (nSPS) is 15.8. The minimum atomic E-state index is -0.259. The summed E-state index contributed by atoms with van der Waals surface area (Å²) < 4.78 is 17.9. The van der Waals surface area contributed by atoms with E-state index in [2.05, 4.69) is 5.32 Å². The summed E-state index contributed by atoms with van der Waals surface area (Å²) in [7, 11) is 1.61. The molecule has 0 bridgehead atoms. The topological polar surface area (TPSA) is 41.6 Å². The van der Waals surface area contributed by atoms with E-state index in [1.807, 2.05) is 11.8 Å². The molecule has 1 N–H and O–H groups in total. The average molecular weight is 280 g/mol. The van der Waals surface area contributed by atoms with Crippen molar-refractivity contribution >= 4 is 6.03 Å². The number of nitrogens with one attached hydrogen (secondary N) is 1. The van der Waals surface area contributed by atoms with Crippen LogP contribution in [-0.2, 0) is 11.3 Å². The molecule has 0 spiro atoms. The third-order valence-corrected chi connectivity index (χ3v) is 3.30. The highest BCUT2D eigenvalue weighted by Gasteiger charge is 2.32. The Bertz CT molecular complexity index is 446. The summed E-state index contributed by atoms with van der Waals surface area (Å²) >= 11 is 0. The van der Waals surface area contributed by atoms with Crippen LogP contribution in [0.2, 0.25) is 0 Å². The Hall–Kier alpha value is -1.62. The first-order valence-electron chi connectivity index (χ1n) is 6.90. The Morgan fingerprint density at radius 3 is 2.65 bits per heavy atom. The lowest BCUT2D eigenvalue weighted by atomic mass is 10.2. The first-order chi connectivity index (χ1) is 9.60. The molecule has 1 aromatic rings. The predicted octanol–water partition coefficient (Wildman–Crippen LogP) is 2.53. The van der Waals surface area contributed by atoms with Gasteiger partial charge in [0.2, 0.25) is 0 Å². The number of hydrogen-bond acceptors (Lipinski definition) is 2. The summed E-state index contributed by atoms with van der Waals surface area (Å²) in [5.74, 6) is -0.259. The quantitative estimate of drug-likeness (QED) is 0.870. The summed E-state index contributed by atoms with van der Waals surface area (Å²) in [5.41, 5.74) is 0.938. The number of carbonyl (C=O) groups is 1. The molecule has 1 aliphatic rings. The number of methoxy groups -OCH3 is 1. The zero-order valence-corrected chi connectivity index (χ0v) is 11.9. The molecule has 1 fully saturated rings. The number of benzene rings is 1. The molecule has 0 aliphatic heterocycles. The molecule has 110 valence electrons. The molecule has 1 unspecified atom stereocenters. The van der Waals surface area contributed by atoms with Gasteiger partial charge in [0.05, 0.1) is 12.6 Å². The van der Waals surface area contributed by atoms with Gasteiger partial charge < -0.3 is 15.0 Å². The monoisotopic (exact) mass is 280 g/mol. The highest BCUT2D eigenvalue weighted by molar-refractivity contribution is 5.75. The Morgan fingerprint density at radius 1 is 1.45 bits per heavy atom. The van der Waals surface area contributed by atoms with Crippen LogP contribution in [-0.4, -0.2) is 36.7 Å². The zero-order valence-electron chi connectivity index (χ0n) is 11.9. The fourth-order valence-corrected chi connectivity index (χ4v) is 2.12. The van der Waals surface area contributed by atoms with Gasteiger partial charge in [0.15, 0.2) is 0 Å². The first-order valence-corrected chi connectivity index (χ1v) is 6.90. The van der Waals surface area contributed by atoms with E-state index in [4.69, 9.17) is 4.74 Å². The molecule has 1 aliphatic carbocycles. The molecule has 1 atom stereocenters. The number of carbonyl (C=O) groups excluding carboxylic acids is 1. The second kappa shape index (κ2) is 6.70. The molecule has 0 saturated heterocycles. The number of urea groups is 1. The van der Waals surface area contributed by atoms with E-state index in [9.17, 15) is 9.18 Å². The smallest absolute Gasteiger partial charge is 0.318 e. The van der Waals surface area contributed by atoms with Crippen molar-refractivity contribution in [2.75, 3.05) is 13.7 Å². The lowest BCUT2D eigenvalue weighted by Crippen LogP contribution is -2.45. The van der Waals surface area contributed by atoms with Crippen LogP contribution < -0.4 is 5.32 Å². The number of nitrogens with zero attached hydrogens (tertiary/aromatic N) is 1. The molecule has 1 saturated carbocycles. The minimum Gasteiger partial charge on any atom is -0.383 e. The van der Waals surface area contributed by atoms with E-state index in [0.717, 1.165) is 18.4 Å². The summed E-state index contributed by atoms with van der Waals surface area (Å²) in [4.78, 5) is 14.1. The van der Waals surface area contributed by atoms with E-state index in [0.29, 0.717) is 19.2 Å². The molecule has 2 rings (SSSR count). The lowest BCUT2D eigenvalue weighted by Gasteiger charge is -2.25. The highest BCUT2D eigenvalue weighted by Crippen LogP contribution is 2.28. The van der Waals surface area contributed by atoms with Crippen molar-refractivity contribution in [3.8, 4) is 0 Å². The Morgan fingerprint density at radius 2 is 2.10 bits per heavy atom. The molecule has 2 amide bonds. The minimum absolute atomic E-state index is 0.0260. The third kappa shape index (κ3) is 4.20. The second-order valence-corrected chi connectivity index (χ2v) is 5.29. The van der Waals surface area contributed by atoms with Gasteiger partial charge in [-0.25, -0.2) is 9.18 Å². The van der Waals surface area contributed by atoms with Crippen LogP contribution in [0.25, 0.3) is 0 Å². The van der Waals surface area contributed by atoms with Gasteiger partial charge in [-0.1, -0.05) is 12.1 Å². The van der Waals surface area contributed by atoms with E-state index in [1.165, 1.54) is 12.1 Å². The number of ether oxygens (including phenoxy) is 1. The Kier molecular flexibility index (Phi) is 4.95. The van der Waals surface area contributed by atoms with Crippen LogP contribution in [0.1, 0.15) is 25.3 Å². The van der Waals surface area contributed by atoms with Crippen molar-refractivity contribution in [3.63, 3.8) is 0 Å². The standard InChI is InChI=1S/C15H21FN2O2/c1-11(10-20-2)17-15(19)18(14-7-8-14)9-12-3-5-13(16)6-4-12/h3-6,11,14H,7-10H2,1-2H3,(H,17,19). The largest absolute Gasteiger partial charge is 0.383 e. The molecule has 20 heavy (non-hydrogen) atoms. The van der Waals surface area contributed by atoms with Crippen molar-refractivity contribution in [2.24, 2.45) is 0 Å². The number of amides is 2. The fraction of sp³-hybridized carbons (Fsp3) is 0.533. The fourth-order valence-electron chi connectivity index (χ4n) is 2.12. The van der Waals surface area contributed by atoms with E-state index in [1.54, 1.807) is 19.2 Å². The van der Waals surface area contributed by atoms with Gasteiger partial charge in [0, 0.05) is 19.7 Å². The van der Waals surface area contributed by atoms with Gasteiger partial charge in [0.25, 0.3) is 0 Å². The van der Waals surface area contributed by atoms with Crippen LogP contribution in [0.3, 0.4) is 0 Å². The number of rotatable bonds is 6. The van der Waals surface area contributed by atoms with E-state index in [-0.39, 0.29) is 17.9 Å². The molecule has 1 aromatic carbocycles. The molecule has 4 nitrogen and oxygen atoms in total.